The Morgan fingerprint density at radius 3 is 2.62 bits per heavy atom. The van der Waals surface area contributed by atoms with E-state index < -0.39 is 41.9 Å². The van der Waals surface area contributed by atoms with Crippen molar-refractivity contribution in [3.8, 4) is 5.88 Å². The van der Waals surface area contributed by atoms with Gasteiger partial charge in [0.1, 0.15) is 11.6 Å². The minimum Gasteiger partial charge on any atom is -0.481 e. The Kier molecular flexibility index (Phi) is 6.75. The molecule has 32 heavy (non-hydrogen) atoms. The van der Waals surface area contributed by atoms with Crippen LogP contribution in [0.25, 0.3) is 0 Å². The number of pyridine rings is 1. The van der Waals surface area contributed by atoms with Gasteiger partial charge in [-0.1, -0.05) is 0 Å². The maximum atomic E-state index is 14.6. The molecule has 178 valence electrons. The lowest BCUT2D eigenvalue weighted by Crippen LogP contribution is -2.47. The zero-order valence-corrected chi connectivity index (χ0v) is 18.7. The van der Waals surface area contributed by atoms with E-state index in [1.165, 1.54) is 16.9 Å². The van der Waals surface area contributed by atoms with Crippen LogP contribution in [-0.4, -0.2) is 66.2 Å². The first kappa shape index (κ1) is 23.9. The molecule has 1 aromatic rings. The standard InChI is InChI=1S/C21H29F3N4O4/c1-20(2,3)32-19(30)28-8-5-6-15(28)17(29)25-11-13-10-14(22)16(26-18(13)31-4)27-9-7-21(23,24)12-27/h10,15H,5-9,11-12H2,1-4H3,(H,25,29). The lowest BCUT2D eigenvalue weighted by atomic mass is 10.2. The maximum absolute atomic E-state index is 14.6. The highest BCUT2D eigenvalue weighted by atomic mass is 19.3. The summed E-state index contributed by atoms with van der Waals surface area (Å²) < 4.78 is 52.2. The number of methoxy groups -OCH3 is 1. The van der Waals surface area contributed by atoms with E-state index in [-0.39, 0.29) is 36.8 Å². The third kappa shape index (κ3) is 5.55. The molecule has 0 bridgehead atoms. The highest BCUT2D eigenvalue weighted by Crippen LogP contribution is 2.33. The van der Waals surface area contributed by atoms with Gasteiger partial charge in [-0.3, -0.25) is 9.69 Å². The molecule has 0 radical (unpaired) electrons. The van der Waals surface area contributed by atoms with Crippen LogP contribution in [0.4, 0.5) is 23.8 Å². The molecule has 2 fully saturated rings. The highest BCUT2D eigenvalue weighted by Gasteiger charge is 2.40. The summed E-state index contributed by atoms with van der Waals surface area (Å²) in [6, 6.07) is 0.429. The number of anilines is 1. The van der Waals surface area contributed by atoms with Crippen molar-refractivity contribution in [2.45, 2.75) is 64.1 Å². The molecule has 0 aliphatic carbocycles. The van der Waals surface area contributed by atoms with Crippen LogP contribution in [0.15, 0.2) is 6.07 Å². The van der Waals surface area contributed by atoms with Crippen LogP contribution in [0.2, 0.25) is 0 Å². The minimum atomic E-state index is -2.89. The van der Waals surface area contributed by atoms with Crippen LogP contribution in [0.3, 0.4) is 0 Å². The Hall–Kier alpha value is -2.72. The van der Waals surface area contributed by atoms with Crippen LogP contribution in [-0.2, 0) is 16.1 Å². The van der Waals surface area contributed by atoms with Gasteiger partial charge in [-0.15, -0.1) is 0 Å². The van der Waals surface area contributed by atoms with E-state index in [1.807, 2.05) is 0 Å². The van der Waals surface area contributed by atoms with Crippen molar-refractivity contribution in [2.24, 2.45) is 0 Å². The van der Waals surface area contributed by atoms with Crippen molar-refractivity contribution >= 4 is 17.8 Å². The van der Waals surface area contributed by atoms with Gasteiger partial charge in [-0.05, 0) is 39.7 Å². The molecule has 1 atom stereocenters. The van der Waals surface area contributed by atoms with Crippen molar-refractivity contribution in [3.05, 3.63) is 17.4 Å². The average Bonchev–Trinajstić information content (AvgIpc) is 3.31. The Labute approximate surface area is 185 Å². The monoisotopic (exact) mass is 458 g/mol. The van der Waals surface area contributed by atoms with Crippen molar-refractivity contribution < 1.29 is 32.2 Å². The first-order valence-electron chi connectivity index (χ1n) is 10.5. The smallest absolute Gasteiger partial charge is 0.410 e. The van der Waals surface area contributed by atoms with E-state index in [9.17, 15) is 22.8 Å². The van der Waals surface area contributed by atoms with Crippen LogP contribution >= 0.6 is 0 Å². The normalized spacial score (nSPS) is 20.4. The minimum absolute atomic E-state index is 0.0155. The fraction of sp³-hybridized carbons (Fsp3) is 0.667. The van der Waals surface area contributed by atoms with Gasteiger partial charge in [0.25, 0.3) is 5.92 Å². The molecule has 1 unspecified atom stereocenters. The van der Waals surface area contributed by atoms with Gasteiger partial charge in [0.05, 0.1) is 13.7 Å². The molecular formula is C21H29F3N4O4. The number of alkyl halides is 2. The number of likely N-dealkylation sites (tertiary alicyclic amines) is 1. The molecule has 2 saturated heterocycles. The predicted octanol–water partition coefficient (Wildman–Crippen LogP) is 3.09. The molecule has 1 aromatic heterocycles. The highest BCUT2D eigenvalue weighted by molar-refractivity contribution is 5.86. The summed E-state index contributed by atoms with van der Waals surface area (Å²) in [6.45, 7) is 4.92. The zero-order chi connectivity index (χ0) is 23.7. The fourth-order valence-electron chi connectivity index (χ4n) is 3.82. The number of carbonyl (C=O) groups is 2. The van der Waals surface area contributed by atoms with Crippen LogP contribution < -0.4 is 15.0 Å². The quantitative estimate of drug-likeness (QED) is 0.730. The summed E-state index contributed by atoms with van der Waals surface area (Å²) in [6.07, 6.45) is 0.208. The second-order valence-corrected chi connectivity index (χ2v) is 9.04. The van der Waals surface area contributed by atoms with Crippen molar-refractivity contribution in [1.29, 1.82) is 0 Å². The summed E-state index contributed by atoms with van der Waals surface area (Å²) in [5, 5.41) is 2.68. The molecule has 0 aromatic carbocycles. The van der Waals surface area contributed by atoms with E-state index >= 15 is 0 Å². The Balaban J connectivity index is 1.67. The van der Waals surface area contributed by atoms with Gasteiger partial charge in [0.2, 0.25) is 11.8 Å². The average molecular weight is 458 g/mol. The van der Waals surface area contributed by atoms with Gasteiger partial charge < -0.3 is 19.7 Å². The molecule has 2 amide bonds. The summed E-state index contributed by atoms with van der Waals surface area (Å²) in [5.74, 6) is -4.24. The number of rotatable bonds is 5. The van der Waals surface area contributed by atoms with Gasteiger partial charge in [-0.25, -0.2) is 18.0 Å². The van der Waals surface area contributed by atoms with Gasteiger partial charge in [0.15, 0.2) is 11.6 Å². The van der Waals surface area contributed by atoms with Gasteiger partial charge in [0, 0.05) is 31.6 Å². The number of hydrogen-bond donors (Lipinski definition) is 1. The number of nitrogens with zero attached hydrogens (tertiary/aromatic N) is 3. The molecule has 2 aliphatic heterocycles. The Morgan fingerprint density at radius 1 is 1.31 bits per heavy atom. The molecule has 0 saturated carbocycles. The summed E-state index contributed by atoms with van der Waals surface area (Å²) in [7, 11) is 1.33. The number of aromatic nitrogens is 1. The summed E-state index contributed by atoms with van der Waals surface area (Å²) >= 11 is 0. The molecule has 11 heteroatoms. The molecule has 3 rings (SSSR count). The van der Waals surface area contributed by atoms with Crippen LogP contribution in [0, 0.1) is 5.82 Å². The van der Waals surface area contributed by atoms with Crippen molar-refractivity contribution in [3.63, 3.8) is 0 Å². The Bertz CT molecular complexity index is 875. The topological polar surface area (TPSA) is 84.0 Å². The number of halogens is 3. The number of hydrogen-bond acceptors (Lipinski definition) is 6. The SMILES string of the molecule is COc1nc(N2CCC(F)(F)C2)c(F)cc1CNC(=O)C1CCCN1C(=O)OC(C)(C)C. The number of nitrogens with one attached hydrogen (secondary N) is 1. The molecular weight excluding hydrogens is 429 g/mol. The first-order valence-corrected chi connectivity index (χ1v) is 10.5. The van der Waals surface area contributed by atoms with E-state index in [1.54, 1.807) is 20.8 Å². The van der Waals surface area contributed by atoms with E-state index in [4.69, 9.17) is 9.47 Å². The number of carbonyl (C=O) groups excluding carboxylic acids is 2. The largest absolute Gasteiger partial charge is 0.481 e. The van der Waals surface area contributed by atoms with Crippen molar-refractivity contribution in [1.82, 2.24) is 15.2 Å². The second kappa shape index (κ2) is 9.03. The summed E-state index contributed by atoms with van der Waals surface area (Å²) in [4.78, 5) is 31.7. The fourth-order valence-corrected chi connectivity index (χ4v) is 3.82. The van der Waals surface area contributed by atoms with E-state index in [0.29, 0.717) is 19.4 Å². The molecule has 1 N–H and O–H groups in total. The lowest BCUT2D eigenvalue weighted by Gasteiger charge is -2.28. The van der Waals surface area contributed by atoms with Crippen molar-refractivity contribution in [2.75, 3.05) is 31.6 Å². The number of ether oxygens (including phenoxy) is 2. The number of amides is 2. The van der Waals surface area contributed by atoms with Crippen LogP contribution in [0.5, 0.6) is 5.88 Å². The van der Waals surface area contributed by atoms with Gasteiger partial charge >= 0.3 is 6.09 Å². The molecule has 0 spiro atoms. The maximum Gasteiger partial charge on any atom is 0.410 e. The molecule has 8 nitrogen and oxygen atoms in total. The molecule has 3 heterocycles. The lowest BCUT2D eigenvalue weighted by molar-refractivity contribution is -0.125. The van der Waals surface area contributed by atoms with Crippen LogP contribution in [0.1, 0.15) is 45.6 Å². The van der Waals surface area contributed by atoms with E-state index in [0.717, 1.165) is 6.07 Å². The molecule has 2 aliphatic rings. The Morgan fingerprint density at radius 2 is 2.03 bits per heavy atom. The van der Waals surface area contributed by atoms with Gasteiger partial charge in [-0.2, -0.15) is 4.98 Å². The first-order chi connectivity index (χ1) is 14.9. The van der Waals surface area contributed by atoms with E-state index in [2.05, 4.69) is 10.3 Å². The third-order valence-electron chi connectivity index (χ3n) is 5.30. The third-order valence-corrected chi connectivity index (χ3v) is 5.30. The predicted molar refractivity (Wildman–Crippen MR) is 110 cm³/mol. The summed E-state index contributed by atoms with van der Waals surface area (Å²) in [5.41, 5.74) is -0.423. The zero-order valence-electron chi connectivity index (χ0n) is 18.7. The second-order valence-electron chi connectivity index (χ2n) is 9.04.